The molecular weight excluding hydrogens is 332 g/mol. The van der Waals surface area contributed by atoms with Gasteiger partial charge in [-0.3, -0.25) is 14.7 Å². The highest BCUT2D eigenvalue weighted by atomic mass is 35.5. The molecule has 9 heteroatoms. The zero-order valence-corrected chi connectivity index (χ0v) is 13.7. The van der Waals surface area contributed by atoms with Crippen LogP contribution < -0.4 is 16.4 Å². The van der Waals surface area contributed by atoms with Gasteiger partial charge in [0.05, 0.1) is 13.1 Å². The van der Waals surface area contributed by atoms with Crippen molar-refractivity contribution >= 4 is 29.9 Å². The number of nitrogens with zero attached hydrogens (tertiary/aromatic N) is 2. The minimum absolute atomic E-state index is 0. The Morgan fingerprint density at radius 1 is 1.29 bits per heavy atom. The summed E-state index contributed by atoms with van der Waals surface area (Å²) in [5.74, 6) is 1.34. The number of halogens is 1. The number of amides is 2. The molecule has 0 saturated heterocycles. The van der Waals surface area contributed by atoms with E-state index in [0.29, 0.717) is 17.4 Å². The van der Waals surface area contributed by atoms with Gasteiger partial charge in [0.1, 0.15) is 5.82 Å². The molecule has 2 aromatic rings. The van der Waals surface area contributed by atoms with E-state index >= 15 is 0 Å². The third kappa shape index (κ3) is 4.53. The van der Waals surface area contributed by atoms with Crippen molar-refractivity contribution in [3.63, 3.8) is 0 Å². The molecule has 0 unspecified atom stereocenters. The molecular formula is C15H19ClN6O2. The number of nitrogens with two attached hydrogens (primary N) is 1. The lowest BCUT2D eigenvalue weighted by atomic mass is 10.2. The van der Waals surface area contributed by atoms with Gasteiger partial charge in [-0.25, -0.2) is 4.98 Å². The zero-order chi connectivity index (χ0) is 16.2. The molecule has 1 aromatic heterocycles. The number of carbonyl (C=O) groups excluding carboxylic acids is 2. The topological polar surface area (TPSA) is 126 Å². The molecule has 1 heterocycles. The van der Waals surface area contributed by atoms with Crippen molar-refractivity contribution in [2.45, 2.75) is 18.8 Å². The van der Waals surface area contributed by atoms with Crippen molar-refractivity contribution in [1.82, 2.24) is 20.5 Å². The fourth-order valence-corrected chi connectivity index (χ4v) is 2.14. The number of benzene rings is 1. The molecule has 8 nitrogen and oxygen atoms in total. The van der Waals surface area contributed by atoms with Gasteiger partial charge in [-0.2, -0.15) is 5.10 Å². The van der Waals surface area contributed by atoms with E-state index in [1.165, 1.54) is 0 Å². The van der Waals surface area contributed by atoms with E-state index < -0.39 is 0 Å². The number of hydrogen-bond donors (Lipinski definition) is 4. The molecule has 1 saturated carbocycles. The number of aromatic nitrogens is 3. The predicted octanol–water partition coefficient (Wildman–Crippen LogP) is 0.784. The maximum atomic E-state index is 11.8. The molecule has 0 radical (unpaired) electrons. The molecule has 24 heavy (non-hydrogen) atoms. The van der Waals surface area contributed by atoms with Gasteiger partial charge in [0.2, 0.25) is 11.8 Å². The van der Waals surface area contributed by atoms with Crippen LogP contribution in [0.4, 0.5) is 5.69 Å². The number of hydrogen-bond acceptors (Lipinski definition) is 5. The second kappa shape index (κ2) is 7.89. The summed E-state index contributed by atoms with van der Waals surface area (Å²) in [6.07, 6.45) is 2.30. The first-order chi connectivity index (χ1) is 11.2. The van der Waals surface area contributed by atoms with Crippen molar-refractivity contribution < 1.29 is 9.59 Å². The number of H-pyrrole nitrogens is 1. The molecule has 0 atom stereocenters. The maximum Gasteiger partial charge on any atom is 0.243 e. The van der Waals surface area contributed by atoms with E-state index in [1.54, 1.807) is 12.1 Å². The Hall–Kier alpha value is -2.45. The fourth-order valence-electron chi connectivity index (χ4n) is 2.14. The van der Waals surface area contributed by atoms with Crippen LogP contribution in [0.25, 0.3) is 11.4 Å². The highest BCUT2D eigenvalue weighted by Crippen LogP contribution is 2.38. The molecule has 2 amide bonds. The van der Waals surface area contributed by atoms with Crippen LogP contribution in [0.5, 0.6) is 0 Å². The SMILES string of the molecule is Cl.NCC(=O)NCC(=O)Nc1cccc(-c2n[nH]c(C3CC3)n2)c1. The molecule has 1 aliphatic rings. The lowest BCUT2D eigenvalue weighted by molar-refractivity contribution is -0.123. The van der Waals surface area contributed by atoms with Gasteiger partial charge < -0.3 is 16.4 Å². The van der Waals surface area contributed by atoms with E-state index in [0.717, 1.165) is 24.2 Å². The number of rotatable bonds is 6. The smallest absolute Gasteiger partial charge is 0.243 e. The Bertz CT molecular complexity index is 728. The van der Waals surface area contributed by atoms with Crippen molar-refractivity contribution in [1.29, 1.82) is 0 Å². The van der Waals surface area contributed by atoms with Crippen molar-refractivity contribution in [2.24, 2.45) is 5.73 Å². The Morgan fingerprint density at radius 3 is 2.79 bits per heavy atom. The summed E-state index contributed by atoms with van der Waals surface area (Å²) in [6, 6.07) is 7.26. The first kappa shape index (κ1) is 17.9. The summed E-state index contributed by atoms with van der Waals surface area (Å²) >= 11 is 0. The van der Waals surface area contributed by atoms with E-state index in [1.807, 2.05) is 12.1 Å². The summed E-state index contributed by atoms with van der Waals surface area (Å²) in [7, 11) is 0. The minimum Gasteiger partial charge on any atom is -0.346 e. The number of carbonyl (C=O) groups is 2. The number of aromatic amines is 1. The highest BCUT2D eigenvalue weighted by molar-refractivity contribution is 5.95. The maximum absolute atomic E-state index is 11.8. The molecule has 0 bridgehead atoms. The monoisotopic (exact) mass is 350 g/mol. The Kier molecular flexibility index (Phi) is 5.88. The van der Waals surface area contributed by atoms with Gasteiger partial charge in [-0.15, -0.1) is 12.4 Å². The summed E-state index contributed by atoms with van der Waals surface area (Å²) in [5, 5.41) is 12.3. The van der Waals surface area contributed by atoms with Gasteiger partial charge in [0.25, 0.3) is 0 Å². The van der Waals surface area contributed by atoms with Crippen molar-refractivity contribution in [3.8, 4) is 11.4 Å². The molecule has 0 spiro atoms. The molecule has 3 rings (SSSR count). The Balaban J connectivity index is 0.00000208. The number of anilines is 1. The van der Waals surface area contributed by atoms with Gasteiger partial charge >= 0.3 is 0 Å². The number of nitrogens with one attached hydrogen (secondary N) is 3. The van der Waals surface area contributed by atoms with Gasteiger partial charge in [0.15, 0.2) is 5.82 Å². The average Bonchev–Trinajstić information content (AvgIpc) is 3.30. The van der Waals surface area contributed by atoms with Crippen LogP contribution in [0.2, 0.25) is 0 Å². The van der Waals surface area contributed by atoms with Gasteiger partial charge in [0, 0.05) is 17.2 Å². The van der Waals surface area contributed by atoms with Crippen LogP contribution in [-0.4, -0.2) is 40.1 Å². The lowest BCUT2D eigenvalue weighted by Crippen LogP contribution is -2.36. The first-order valence-corrected chi connectivity index (χ1v) is 7.45. The van der Waals surface area contributed by atoms with Crippen LogP contribution in [0.3, 0.4) is 0 Å². The summed E-state index contributed by atoms with van der Waals surface area (Å²) in [5.41, 5.74) is 6.60. The molecule has 1 aliphatic carbocycles. The van der Waals surface area contributed by atoms with E-state index in [-0.39, 0.29) is 37.3 Å². The van der Waals surface area contributed by atoms with Crippen LogP contribution in [0.15, 0.2) is 24.3 Å². The summed E-state index contributed by atoms with van der Waals surface area (Å²) < 4.78 is 0. The van der Waals surface area contributed by atoms with E-state index in [9.17, 15) is 9.59 Å². The normalized spacial score (nSPS) is 13.0. The van der Waals surface area contributed by atoms with Crippen molar-refractivity contribution in [3.05, 3.63) is 30.1 Å². The predicted molar refractivity (Wildman–Crippen MR) is 91.7 cm³/mol. The summed E-state index contributed by atoms with van der Waals surface area (Å²) in [4.78, 5) is 27.3. The fraction of sp³-hybridized carbons (Fsp3) is 0.333. The molecule has 0 aliphatic heterocycles. The van der Waals surface area contributed by atoms with E-state index in [2.05, 4.69) is 25.8 Å². The standard InChI is InChI=1S/C15H18N6O2.ClH/c16-7-12(22)17-8-13(23)18-11-3-1-2-10(6-11)15-19-14(20-21-15)9-4-5-9;/h1-3,6,9H,4-5,7-8,16H2,(H,17,22)(H,18,23)(H,19,20,21);1H. The third-order valence-corrected chi connectivity index (χ3v) is 3.50. The average molecular weight is 351 g/mol. The van der Waals surface area contributed by atoms with Crippen molar-refractivity contribution in [2.75, 3.05) is 18.4 Å². The Labute approximate surface area is 145 Å². The second-order valence-corrected chi connectivity index (χ2v) is 5.43. The highest BCUT2D eigenvalue weighted by Gasteiger charge is 2.27. The van der Waals surface area contributed by atoms with E-state index in [4.69, 9.17) is 5.73 Å². The first-order valence-electron chi connectivity index (χ1n) is 7.45. The van der Waals surface area contributed by atoms with Crippen LogP contribution >= 0.6 is 12.4 Å². The molecule has 128 valence electrons. The van der Waals surface area contributed by atoms with Gasteiger partial charge in [-0.05, 0) is 25.0 Å². The quantitative estimate of drug-likeness (QED) is 0.612. The van der Waals surface area contributed by atoms with Gasteiger partial charge in [-0.1, -0.05) is 12.1 Å². The van der Waals surface area contributed by atoms with Crippen LogP contribution in [0, 0.1) is 0 Å². The molecule has 1 fully saturated rings. The van der Waals surface area contributed by atoms with Crippen LogP contribution in [-0.2, 0) is 9.59 Å². The summed E-state index contributed by atoms with van der Waals surface area (Å²) in [6.45, 7) is -0.260. The lowest BCUT2D eigenvalue weighted by Gasteiger charge is -2.07. The zero-order valence-electron chi connectivity index (χ0n) is 12.9. The molecule has 5 N–H and O–H groups in total. The largest absolute Gasteiger partial charge is 0.346 e. The third-order valence-electron chi connectivity index (χ3n) is 3.50. The second-order valence-electron chi connectivity index (χ2n) is 5.43. The van der Waals surface area contributed by atoms with Crippen LogP contribution in [0.1, 0.15) is 24.6 Å². The molecule has 1 aromatic carbocycles. The Morgan fingerprint density at radius 2 is 2.08 bits per heavy atom. The minimum atomic E-state index is -0.373.